The number of imidazole rings is 1. The van der Waals surface area contributed by atoms with Crippen LogP contribution in [0.2, 0.25) is 0 Å². The highest BCUT2D eigenvalue weighted by molar-refractivity contribution is 6.07. The van der Waals surface area contributed by atoms with E-state index in [0.29, 0.717) is 34.0 Å². The molecule has 1 aromatic heterocycles. The van der Waals surface area contributed by atoms with Crippen molar-refractivity contribution in [3.63, 3.8) is 0 Å². The summed E-state index contributed by atoms with van der Waals surface area (Å²) in [5.41, 5.74) is 2.72. The van der Waals surface area contributed by atoms with Crippen molar-refractivity contribution >= 4 is 11.9 Å². The van der Waals surface area contributed by atoms with Gasteiger partial charge in [-0.15, -0.1) is 0 Å². The van der Waals surface area contributed by atoms with Gasteiger partial charge in [-0.1, -0.05) is 30.3 Å². The maximum atomic E-state index is 12.7. The number of hydrogen-bond acceptors (Lipinski definition) is 5. The van der Waals surface area contributed by atoms with Gasteiger partial charge >= 0.3 is 5.69 Å². The van der Waals surface area contributed by atoms with Gasteiger partial charge in [0.25, 0.3) is 0 Å². The smallest absolute Gasteiger partial charge is 0.330 e. The van der Waals surface area contributed by atoms with Crippen LogP contribution in [0.15, 0.2) is 83.8 Å². The number of nitrogens with zero attached hydrogens (tertiary/aromatic N) is 1. The van der Waals surface area contributed by atoms with Crippen molar-refractivity contribution in [1.29, 1.82) is 0 Å². The third kappa shape index (κ3) is 4.72. The number of aromatic hydroxyl groups is 1. The molecule has 0 saturated carbocycles. The second-order valence-electron chi connectivity index (χ2n) is 7.26. The number of phenols is 1. The molecule has 33 heavy (non-hydrogen) atoms. The Balaban J connectivity index is 1.62. The van der Waals surface area contributed by atoms with E-state index in [1.807, 2.05) is 6.07 Å². The minimum Gasteiger partial charge on any atom is -0.508 e. The van der Waals surface area contributed by atoms with E-state index in [4.69, 9.17) is 9.47 Å². The first-order valence-electron chi connectivity index (χ1n) is 10.1. The number of rotatable bonds is 7. The molecule has 0 aliphatic carbocycles. The molecule has 0 amide bonds. The molecule has 0 unspecified atom stereocenters. The Morgan fingerprint density at radius 3 is 2.52 bits per heavy atom. The van der Waals surface area contributed by atoms with Crippen LogP contribution >= 0.6 is 0 Å². The molecule has 2 N–H and O–H groups in total. The number of methoxy groups -OCH3 is 2. The Labute approximate surface area is 190 Å². The topological polar surface area (TPSA) is 93.5 Å². The summed E-state index contributed by atoms with van der Waals surface area (Å²) < 4.78 is 12.1. The molecule has 0 atom stereocenters. The molecule has 7 nitrogen and oxygen atoms in total. The highest BCUT2D eigenvalue weighted by Crippen LogP contribution is 2.31. The monoisotopic (exact) mass is 442 g/mol. The predicted molar refractivity (Wildman–Crippen MR) is 126 cm³/mol. The minimum absolute atomic E-state index is 0.128. The van der Waals surface area contributed by atoms with Crippen molar-refractivity contribution in [1.82, 2.24) is 9.55 Å². The number of aromatic nitrogens is 2. The largest absolute Gasteiger partial charge is 0.508 e. The first-order valence-corrected chi connectivity index (χ1v) is 10.1. The fraction of sp³-hybridized carbons (Fsp3) is 0.0769. The number of allylic oxidation sites excluding steroid dienone is 1. The van der Waals surface area contributed by atoms with Crippen molar-refractivity contribution in [2.45, 2.75) is 0 Å². The maximum Gasteiger partial charge on any atom is 0.330 e. The highest BCUT2D eigenvalue weighted by Gasteiger charge is 2.12. The average Bonchev–Trinajstić information content (AvgIpc) is 3.23. The predicted octanol–water partition coefficient (Wildman–Crippen LogP) is 4.45. The van der Waals surface area contributed by atoms with Crippen LogP contribution in [0.25, 0.3) is 23.0 Å². The molecule has 3 aromatic carbocycles. The van der Waals surface area contributed by atoms with Gasteiger partial charge in [0.2, 0.25) is 0 Å². The zero-order chi connectivity index (χ0) is 23.4. The average molecular weight is 442 g/mol. The maximum absolute atomic E-state index is 12.7. The third-order valence-electron chi connectivity index (χ3n) is 5.12. The lowest BCUT2D eigenvalue weighted by Gasteiger charge is -2.08. The number of nitrogens with one attached hydrogen (secondary N) is 1. The number of phenolic OH excluding ortho intramolecular Hbond substituents is 1. The molecule has 4 rings (SSSR count). The number of ketones is 1. The van der Waals surface area contributed by atoms with Crippen LogP contribution < -0.4 is 15.2 Å². The van der Waals surface area contributed by atoms with E-state index in [-0.39, 0.29) is 17.2 Å². The number of H-pyrrole nitrogens is 1. The molecular weight excluding hydrogens is 420 g/mol. The van der Waals surface area contributed by atoms with Crippen molar-refractivity contribution in [3.05, 3.63) is 101 Å². The quantitative estimate of drug-likeness (QED) is 0.326. The van der Waals surface area contributed by atoms with Crippen molar-refractivity contribution in [2.75, 3.05) is 14.2 Å². The van der Waals surface area contributed by atoms with Crippen LogP contribution in [0.1, 0.15) is 15.9 Å². The highest BCUT2D eigenvalue weighted by atomic mass is 16.5. The summed E-state index contributed by atoms with van der Waals surface area (Å²) in [5.74, 6) is 1.05. The van der Waals surface area contributed by atoms with Crippen LogP contribution in [0.5, 0.6) is 17.2 Å². The van der Waals surface area contributed by atoms with E-state index < -0.39 is 0 Å². The first kappa shape index (κ1) is 21.7. The normalized spacial score (nSPS) is 11.0. The molecule has 0 spiro atoms. The van der Waals surface area contributed by atoms with E-state index in [9.17, 15) is 14.7 Å². The molecule has 7 heteroatoms. The third-order valence-corrected chi connectivity index (χ3v) is 5.12. The molecule has 0 bridgehead atoms. The van der Waals surface area contributed by atoms with E-state index >= 15 is 0 Å². The zero-order valence-corrected chi connectivity index (χ0v) is 18.1. The summed E-state index contributed by atoms with van der Waals surface area (Å²) in [5, 5.41) is 9.56. The first-order chi connectivity index (χ1) is 16.0. The van der Waals surface area contributed by atoms with Gasteiger partial charge in [-0.25, -0.2) is 4.79 Å². The minimum atomic E-state index is -0.334. The van der Waals surface area contributed by atoms with Gasteiger partial charge in [0, 0.05) is 17.3 Å². The lowest BCUT2D eigenvalue weighted by molar-refractivity contribution is 0.104. The van der Waals surface area contributed by atoms with Crippen LogP contribution in [0.3, 0.4) is 0 Å². The lowest BCUT2D eigenvalue weighted by atomic mass is 10.1. The van der Waals surface area contributed by atoms with E-state index in [1.54, 1.807) is 87.2 Å². The standard InChI is InChI=1S/C26H22N2O5/c1-32-24-12-10-18(15-25(24)33-2)22-16-28(26(31)27-22)20-7-4-6-19(14-20)23(30)11-9-17-5-3-8-21(29)13-17/h3-16,29H,1-2H3,(H,27,31). The number of hydrogen-bond donors (Lipinski definition) is 2. The SMILES string of the molecule is COc1ccc(-c2cn(-c3cccc(C(=O)C=Cc4cccc(O)c4)c3)c(=O)[nH]2)cc1OC. The fourth-order valence-corrected chi connectivity index (χ4v) is 3.44. The Bertz CT molecular complexity index is 1400. The molecule has 0 saturated heterocycles. The van der Waals surface area contributed by atoms with E-state index in [1.165, 1.54) is 10.6 Å². The molecule has 0 aliphatic rings. The summed E-state index contributed by atoms with van der Waals surface area (Å²) >= 11 is 0. The van der Waals surface area contributed by atoms with Gasteiger partial charge in [-0.3, -0.25) is 9.36 Å². The van der Waals surface area contributed by atoms with Gasteiger partial charge in [0.15, 0.2) is 17.3 Å². The second kappa shape index (κ2) is 9.32. The molecule has 1 heterocycles. The van der Waals surface area contributed by atoms with Crippen LogP contribution in [0, 0.1) is 0 Å². The number of aromatic amines is 1. The van der Waals surface area contributed by atoms with Gasteiger partial charge in [0.05, 0.1) is 25.6 Å². The summed E-state index contributed by atoms with van der Waals surface area (Å²) in [6.07, 6.45) is 4.74. The number of benzene rings is 3. The van der Waals surface area contributed by atoms with E-state index in [0.717, 1.165) is 5.56 Å². The number of carbonyl (C=O) groups excluding carboxylic acids is 1. The summed E-state index contributed by atoms with van der Waals surface area (Å²) in [6.45, 7) is 0. The van der Waals surface area contributed by atoms with Crippen molar-refractivity contribution in [3.8, 4) is 34.2 Å². The van der Waals surface area contributed by atoms with Gasteiger partial charge < -0.3 is 19.6 Å². The number of carbonyl (C=O) groups is 1. The summed E-state index contributed by atoms with van der Waals surface area (Å²) in [4.78, 5) is 28.1. The molecule has 166 valence electrons. The Morgan fingerprint density at radius 2 is 1.76 bits per heavy atom. The van der Waals surface area contributed by atoms with Gasteiger partial charge in [0.1, 0.15) is 5.75 Å². The Hall–Kier alpha value is -4.52. The molecule has 4 aromatic rings. The van der Waals surface area contributed by atoms with Crippen molar-refractivity contribution < 1.29 is 19.4 Å². The molecule has 0 radical (unpaired) electrons. The van der Waals surface area contributed by atoms with Gasteiger partial charge in [-0.2, -0.15) is 0 Å². The van der Waals surface area contributed by atoms with Crippen molar-refractivity contribution in [2.24, 2.45) is 0 Å². The summed E-state index contributed by atoms with van der Waals surface area (Å²) in [7, 11) is 3.11. The van der Waals surface area contributed by atoms with E-state index in [2.05, 4.69) is 4.98 Å². The number of ether oxygens (including phenoxy) is 2. The van der Waals surface area contributed by atoms with Gasteiger partial charge in [-0.05, 0) is 54.1 Å². The lowest BCUT2D eigenvalue weighted by Crippen LogP contribution is -2.14. The zero-order valence-electron chi connectivity index (χ0n) is 18.1. The fourth-order valence-electron chi connectivity index (χ4n) is 3.44. The van der Waals surface area contributed by atoms with Crippen LogP contribution in [0.4, 0.5) is 0 Å². The summed E-state index contributed by atoms with van der Waals surface area (Å²) in [6, 6.07) is 18.8. The van der Waals surface area contributed by atoms with Crippen LogP contribution in [-0.4, -0.2) is 34.7 Å². The second-order valence-corrected chi connectivity index (χ2v) is 7.26. The molecule has 0 fully saturated rings. The van der Waals surface area contributed by atoms with Crippen LogP contribution in [-0.2, 0) is 0 Å². The molecular formula is C26H22N2O5. The molecule has 0 aliphatic heterocycles. The Kier molecular flexibility index (Phi) is 6.13. The Morgan fingerprint density at radius 1 is 0.970 bits per heavy atom.